The van der Waals surface area contributed by atoms with E-state index in [0.29, 0.717) is 12.5 Å². The fourth-order valence-corrected chi connectivity index (χ4v) is 1.77. The molecule has 0 heterocycles. The van der Waals surface area contributed by atoms with Crippen molar-refractivity contribution in [2.75, 3.05) is 13.2 Å². The molecule has 2 N–H and O–H groups in total. The van der Waals surface area contributed by atoms with E-state index in [-0.39, 0.29) is 19.1 Å². The zero-order valence-corrected chi connectivity index (χ0v) is 11.6. The van der Waals surface area contributed by atoms with Crippen molar-refractivity contribution in [3.8, 4) is 0 Å². The first-order valence-corrected chi connectivity index (χ1v) is 6.72. The van der Waals surface area contributed by atoms with Crippen molar-refractivity contribution in [2.45, 2.75) is 26.9 Å². The van der Waals surface area contributed by atoms with Crippen molar-refractivity contribution in [3.05, 3.63) is 35.9 Å². The first-order chi connectivity index (χ1) is 9.17. The van der Waals surface area contributed by atoms with Crippen molar-refractivity contribution in [2.24, 2.45) is 11.8 Å². The van der Waals surface area contributed by atoms with Gasteiger partial charge < -0.3 is 15.2 Å². The summed E-state index contributed by atoms with van der Waals surface area (Å²) in [5, 5.41) is 12.0. The number of alkyl carbamates (subject to hydrolysis) is 1. The molecule has 0 bridgehead atoms. The molecule has 0 spiro atoms. The van der Waals surface area contributed by atoms with E-state index in [0.717, 1.165) is 12.0 Å². The minimum atomic E-state index is -0.439. The van der Waals surface area contributed by atoms with Gasteiger partial charge in [-0.25, -0.2) is 4.79 Å². The number of aliphatic hydroxyl groups is 1. The molecule has 4 heteroatoms. The van der Waals surface area contributed by atoms with Gasteiger partial charge in [0.2, 0.25) is 0 Å². The largest absolute Gasteiger partial charge is 0.445 e. The van der Waals surface area contributed by atoms with Crippen LogP contribution in [0.5, 0.6) is 0 Å². The maximum Gasteiger partial charge on any atom is 0.407 e. The number of nitrogens with one attached hydrogen (secondary N) is 1. The number of amides is 1. The van der Waals surface area contributed by atoms with E-state index in [1.807, 2.05) is 30.3 Å². The van der Waals surface area contributed by atoms with Crippen molar-refractivity contribution < 1.29 is 14.6 Å². The number of hydrogen-bond acceptors (Lipinski definition) is 3. The predicted molar refractivity (Wildman–Crippen MR) is 74.7 cm³/mol. The molecule has 1 amide bonds. The van der Waals surface area contributed by atoms with Gasteiger partial charge in [-0.05, 0) is 11.5 Å². The molecule has 106 valence electrons. The Bertz CT molecular complexity index is 367. The lowest BCUT2D eigenvalue weighted by molar-refractivity contribution is 0.129. The summed E-state index contributed by atoms with van der Waals surface area (Å²) in [5.74, 6) is 0.452. The van der Waals surface area contributed by atoms with Crippen LogP contribution in [0.1, 0.15) is 25.8 Å². The molecule has 0 aromatic heterocycles. The van der Waals surface area contributed by atoms with Crippen LogP contribution in [-0.4, -0.2) is 24.4 Å². The van der Waals surface area contributed by atoms with Gasteiger partial charge in [-0.15, -0.1) is 0 Å². The van der Waals surface area contributed by atoms with Crippen LogP contribution in [0.2, 0.25) is 0 Å². The molecule has 4 nitrogen and oxygen atoms in total. The lowest BCUT2D eigenvalue weighted by Gasteiger charge is -2.20. The third-order valence-electron chi connectivity index (χ3n) is 3.40. The lowest BCUT2D eigenvalue weighted by Crippen LogP contribution is -2.34. The number of benzene rings is 1. The van der Waals surface area contributed by atoms with Crippen molar-refractivity contribution >= 4 is 6.09 Å². The summed E-state index contributed by atoms with van der Waals surface area (Å²) in [6, 6.07) is 9.54. The Morgan fingerprint density at radius 1 is 1.37 bits per heavy atom. The highest BCUT2D eigenvalue weighted by Gasteiger charge is 2.16. The molecular weight excluding hydrogens is 242 g/mol. The summed E-state index contributed by atoms with van der Waals surface area (Å²) in [6.07, 6.45) is 0.539. The molecule has 1 aromatic rings. The van der Waals surface area contributed by atoms with Gasteiger partial charge in [0.25, 0.3) is 0 Å². The normalized spacial score (nSPS) is 13.6. The van der Waals surface area contributed by atoms with Gasteiger partial charge >= 0.3 is 6.09 Å². The fraction of sp³-hybridized carbons (Fsp3) is 0.533. The van der Waals surface area contributed by atoms with Crippen molar-refractivity contribution in [3.63, 3.8) is 0 Å². The van der Waals surface area contributed by atoms with Crippen LogP contribution in [0.25, 0.3) is 0 Å². The average molecular weight is 265 g/mol. The fourth-order valence-electron chi connectivity index (χ4n) is 1.77. The Morgan fingerprint density at radius 3 is 2.63 bits per heavy atom. The topological polar surface area (TPSA) is 58.6 Å². The number of ether oxygens (including phenoxy) is 1. The van der Waals surface area contributed by atoms with E-state index in [4.69, 9.17) is 4.74 Å². The van der Waals surface area contributed by atoms with Gasteiger partial charge in [0, 0.05) is 19.1 Å². The molecule has 2 unspecified atom stereocenters. The molecule has 0 aliphatic rings. The standard InChI is InChI=1S/C15H23NO3/c1-3-12(2)14(10-17)9-16-15(18)19-11-13-7-5-4-6-8-13/h4-8,12,14,17H,3,9-11H2,1-2H3,(H,16,18). The monoisotopic (exact) mass is 265 g/mol. The second kappa shape index (κ2) is 8.53. The summed E-state index contributed by atoms with van der Waals surface area (Å²) >= 11 is 0. The van der Waals surface area contributed by atoms with Crippen LogP contribution >= 0.6 is 0 Å². The van der Waals surface area contributed by atoms with Gasteiger partial charge in [0.05, 0.1) is 0 Å². The summed E-state index contributed by atoms with van der Waals surface area (Å²) in [4.78, 5) is 11.5. The Hall–Kier alpha value is -1.55. The zero-order chi connectivity index (χ0) is 14.1. The van der Waals surface area contributed by atoms with Crippen LogP contribution in [0.15, 0.2) is 30.3 Å². The molecule has 0 saturated carbocycles. The number of hydrogen-bond donors (Lipinski definition) is 2. The molecule has 0 radical (unpaired) electrons. The molecule has 1 rings (SSSR count). The van der Waals surface area contributed by atoms with Gasteiger partial charge in [-0.1, -0.05) is 50.6 Å². The molecule has 0 aliphatic carbocycles. The van der Waals surface area contributed by atoms with Gasteiger partial charge in [0.15, 0.2) is 0 Å². The first-order valence-electron chi connectivity index (χ1n) is 6.72. The molecule has 0 saturated heterocycles. The van der Waals surface area contributed by atoms with Crippen LogP contribution in [0, 0.1) is 11.8 Å². The third-order valence-corrected chi connectivity index (χ3v) is 3.40. The number of carbonyl (C=O) groups excluding carboxylic acids is 1. The molecule has 0 fully saturated rings. The zero-order valence-electron chi connectivity index (χ0n) is 11.6. The highest BCUT2D eigenvalue weighted by molar-refractivity contribution is 5.67. The smallest absolute Gasteiger partial charge is 0.407 e. The SMILES string of the molecule is CCC(C)C(CO)CNC(=O)OCc1ccccc1. The third kappa shape index (κ3) is 5.75. The second-order valence-corrected chi connectivity index (χ2v) is 4.77. The first kappa shape index (κ1) is 15.5. The highest BCUT2D eigenvalue weighted by atomic mass is 16.5. The Morgan fingerprint density at radius 2 is 2.05 bits per heavy atom. The van der Waals surface area contributed by atoms with E-state index in [1.165, 1.54) is 0 Å². The summed E-state index contributed by atoms with van der Waals surface area (Å²) < 4.78 is 5.10. The van der Waals surface area contributed by atoms with E-state index in [1.54, 1.807) is 0 Å². The molecular formula is C15H23NO3. The molecule has 1 aromatic carbocycles. The second-order valence-electron chi connectivity index (χ2n) is 4.77. The van der Waals surface area contributed by atoms with Crippen LogP contribution in [-0.2, 0) is 11.3 Å². The van der Waals surface area contributed by atoms with E-state index in [2.05, 4.69) is 19.2 Å². The quantitative estimate of drug-likeness (QED) is 0.796. The highest BCUT2D eigenvalue weighted by Crippen LogP contribution is 2.13. The summed E-state index contributed by atoms with van der Waals surface area (Å²) in [7, 11) is 0. The number of carbonyl (C=O) groups is 1. The van der Waals surface area contributed by atoms with Gasteiger partial charge in [0.1, 0.15) is 6.61 Å². The Balaban J connectivity index is 2.27. The van der Waals surface area contributed by atoms with Crippen LogP contribution in [0.3, 0.4) is 0 Å². The average Bonchev–Trinajstić information content (AvgIpc) is 2.46. The Labute approximate surface area is 114 Å². The lowest BCUT2D eigenvalue weighted by atomic mass is 9.92. The van der Waals surface area contributed by atoms with Crippen LogP contribution < -0.4 is 5.32 Å². The summed E-state index contributed by atoms with van der Waals surface area (Å²) in [5.41, 5.74) is 0.957. The van der Waals surface area contributed by atoms with Gasteiger partial charge in [-0.2, -0.15) is 0 Å². The predicted octanol–water partition coefficient (Wildman–Crippen LogP) is 2.57. The number of rotatable bonds is 7. The summed E-state index contributed by atoms with van der Waals surface area (Å²) in [6.45, 7) is 4.92. The van der Waals surface area contributed by atoms with Gasteiger partial charge in [-0.3, -0.25) is 0 Å². The van der Waals surface area contributed by atoms with E-state index in [9.17, 15) is 9.90 Å². The van der Waals surface area contributed by atoms with E-state index < -0.39 is 6.09 Å². The molecule has 0 aliphatic heterocycles. The minimum Gasteiger partial charge on any atom is -0.445 e. The number of aliphatic hydroxyl groups excluding tert-OH is 1. The molecule has 2 atom stereocenters. The van der Waals surface area contributed by atoms with E-state index >= 15 is 0 Å². The maximum atomic E-state index is 11.5. The van der Waals surface area contributed by atoms with Crippen molar-refractivity contribution in [1.82, 2.24) is 5.32 Å². The molecule has 19 heavy (non-hydrogen) atoms. The maximum absolute atomic E-state index is 11.5. The minimum absolute atomic E-state index is 0.0774. The Kier molecular flexibility index (Phi) is 6.97. The van der Waals surface area contributed by atoms with Crippen LogP contribution in [0.4, 0.5) is 4.79 Å². The van der Waals surface area contributed by atoms with Crippen molar-refractivity contribution in [1.29, 1.82) is 0 Å².